The molecule has 17 nitrogen and oxygen atoms in total. The van der Waals surface area contributed by atoms with Gasteiger partial charge in [0.15, 0.2) is 12.2 Å². The summed E-state index contributed by atoms with van der Waals surface area (Å²) in [4.78, 5) is 73.3. The zero-order valence-corrected chi connectivity index (χ0v) is 72.2. The van der Waals surface area contributed by atoms with Crippen LogP contribution in [0.4, 0.5) is 0 Å². The fourth-order valence-electron chi connectivity index (χ4n) is 13.8. The van der Waals surface area contributed by atoms with Gasteiger partial charge >= 0.3 is 39.5 Å². The van der Waals surface area contributed by atoms with Crippen LogP contribution in [0.2, 0.25) is 0 Å². The number of carbonyl (C=O) groups excluding carboxylic acids is 4. The molecule has 0 fully saturated rings. The Balaban J connectivity index is 5.22. The third-order valence-electron chi connectivity index (χ3n) is 20.7. The summed E-state index contributed by atoms with van der Waals surface area (Å²) in [5.41, 5.74) is 0. The number of aliphatic hydroxyl groups is 1. The number of unbranched alkanes of at least 4 members (excludes halogenated alkanes) is 57. The molecular formula is C88H172O17P2. The topological polar surface area (TPSA) is 237 Å². The van der Waals surface area contributed by atoms with Crippen molar-refractivity contribution in [3.05, 3.63) is 0 Å². The predicted octanol–water partition coefficient (Wildman–Crippen LogP) is 27.0. The Morgan fingerprint density at radius 3 is 0.636 bits per heavy atom. The molecule has 0 saturated carbocycles. The minimum atomic E-state index is -4.97. The Morgan fingerprint density at radius 1 is 0.252 bits per heavy atom. The van der Waals surface area contributed by atoms with Crippen molar-refractivity contribution in [3.8, 4) is 0 Å². The first kappa shape index (κ1) is 105. The Morgan fingerprint density at radius 2 is 0.430 bits per heavy atom. The fraction of sp³-hybridized carbons (Fsp3) is 0.955. The number of ether oxygens (including phenoxy) is 4. The number of phosphoric ester groups is 2. The van der Waals surface area contributed by atoms with Gasteiger partial charge in [-0.1, -0.05) is 420 Å². The van der Waals surface area contributed by atoms with Crippen molar-refractivity contribution >= 4 is 39.5 Å². The molecule has 636 valence electrons. The van der Waals surface area contributed by atoms with Crippen LogP contribution < -0.4 is 0 Å². The van der Waals surface area contributed by atoms with E-state index in [0.717, 1.165) is 102 Å². The predicted molar refractivity (Wildman–Crippen MR) is 442 cm³/mol. The molecule has 3 N–H and O–H groups in total. The van der Waals surface area contributed by atoms with Crippen LogP contribution in [0.3, 0.4) is 0 Å². The summed E-state index contributed by atoms with van der Waals surface area (Å²) in [6, 6.07) is 0. The molecule has 19 heteroatoms. The molecule has 0 radical (unpaired) electrons. The van der Waals surface area contributed by atoms with Gasteiger partial charge in [-0.2, -0.15) is 0 Å². The van der Waals surface area contributed by atoms with Gasteiger partial charge in [0.25, 0.3) is 0 Å². The van der Waals surface area contributed by atoms with Crippen LogP contribution in [0.1, 0.15) is 472 Å². The summed E-state index contributed by atoms with van der Waals surface area (Å²) in [7, 11) is -9.93. The molecule has 5 atom stereocenters. The van der Waals surface area contributed by atoms with E-state index < -0.39 is 97.5 Å². The molecule has 0 aromatic heterocycles. The van der Waals surface area contributed by atoms with E-state index in [2.05, 4.69) is 41.5 Å². The van der Waals surface area contributed by atoms with E-state index in [9.17, 15) is 43.2 Å². The number of esters is 4. The first-order chi connectivity index (χ1) is 51.9. The highest BCUT2D eigenvalue weighted by Gasteiger charge is 2.30. The smallest absolute Gasteiger partial charge is 0.462 e. The van der Waals surface area contributed by atoms with Gasteiger partial charge in [0, 0.05) is 25.7 Å². The highest BCUT2D eigenvalue weighted by Crippen LogP contribution is 2.45. The first-order valence-corrected chi connectivity index (χ1v) is 48.5. The third kappa shape index (κ3) is 81.9. The van der Waals surface area contributed by atoms with E-state index in [1.165, 1.54) is 289 Å². The standard InChI is InChI=1S/C88H172O17P2/c1-7-9-11-13-15-17-19-21-22-23-24-25-26-30-33-36-40-47-53-59-65-71-86(91)99-76-83(104-87(92)72-66-60-54-48-41-37-34-31-28-27-29-32-35-38-44-50-56-62-68-80(3)4)78-102-106(94,95)100-74-82(89)75-101-107(96,97)103-79-84(77-98-85(90)70-64-58-52-46-39-20-18-16-14-12-10-8-2)105-88(93)73-67-61-55-49-43-42-45-51-57-63-69-81(5)6/h80-84,89H,7-79H2,1-6H3,(H,94,95)(H,96,97)/t82-,83-,84-/m1/s1. The molecule has 0 amide bonds. The highest BCUT2D eigenvalue weighted by molar-refractivity contribution is 7.47. The first-order valence-electron chi connectivity index (χ1n) is 45.5. The number of aliphatic hydroxyl groups excluding tert-OH is 1. The molecule has 0 aliphatic rings. The molecule has 0 saturated heterocycles. The Kier molecular flexibility index (Phi) is 77.9. The zero-order chi connectivity index (χ0) is 78.5. The van der Waals surface area contributed by atoms with E-state index >= 15 is 0 Å². The molecular weight excluding hydrogens is 1390 g/mol. The minimum absolute atomic E-state index is 0.107. The molecule has 0 rings (SSSR count). The number of carbonyl (C=O) groups is 4. The maximum Gasteiger partial charge on any atom is 0.472 e. The van der Waals surface area contributed by atoms with Crippen LogP contribution in [-0.4, -0.2) is 96.7 Å². The molecule has 0 aromatic carbocycles. The lowest BCUT2D eigenvalue weighted by atomic mass is 10.0. The number of hydrogen-bond donors (Lipinski definition) is 3. The molecule has 0 heterocycles. The van der Waals surface area contributed by atoms with Gasteiger partial charge in [-0.05, 0) is 37.5 Å². The van der Waals surface area contributed by atoms with Crippen molar-refractivity contribution in [1.29, 1.82) is 0 Å². The van der Waals surface area contributed by atoms with Crippen molar-refractivity contribution in [2.24, 2.45) is 11.8 Å². The van der Waals surface area contributed by atoms with Gasteiger partial charge in [-0.25, -0.2) is 9.13 Å². The molecule has 0 bridgehead atoms. The largest absolute Gasteiger partial charge is 0.472 e. The number of phosphoric acid groups is 2. The molecule has 0 spiro atoms. The van der Waals surface area contributed by atoms with E-state index in [0.29, 0.717) is 25.7 Å². The van der Waals surface area contributed by atoms with Crippen molar-refractivity contribution < 1.29 is 80.2 Å². The summed E-state index contributed by atoms with van der Waals surface area (Å²) in [5.74, 6) is -0.528. The summed E-state index contributed by atoms with van der Waals surface area (Å²) in [6.07, 6.45) is 72.3. The summed E-state index contributed by atoms with van der Waals surface area (Å²) < 4.78 is 68.9. The lowest BCUT2D eigenvalue weighted by Crippen LogP contribution is -2.30. The monoisotopic (exact) mass is 1560 g/mol. The maximum absolute atomic E-state index is 13.2. The van der Waals surface area contributed by atoms with E-state index in [-0.39, 0.29) is 25.7 Å². The van der Waals surface area contributed by atoms with Crippen LogP contribution >= 0.6 is 15.6 Å². The third-order valence-corrected chi connectivity index (χ3v) is 22.6. The average Bonchev–Trinajstić information content (AvgIpc) is 0.901. The van der Waals surface area contributed by atoms with Crippen LogP contribution in [0.5, 0.6) is 0 Å². The second-order valence-electron chi connectivity index (χ2n) is 32.6. The van der Waals surface area contributed by atoms with Crippen LogP contribution in [0, 0.1) is 11.8 Å². The highest BCUT2D eigenvalue weighted by atomic mass is 31.2. The second kappa shape index (κ2) is 79.3. The minimum Gasteiger partial charge on any atom is -0.462 e. The van der Waals surface area contributed by atoms with Crippen molar-refractivity contribution in [2.75, 3.05) is 39.6 Å². The molecule has 2 unspecified atom stereocenters. The summed E-state index contributed by atoms with van der Waals surface area (Å²) in [6.45, 7) is 9.70. The van der Waals surface area contributed by atoms with Gasteiger partial charge in [-0.15, -0.1) is 0 Å². The number of rotatable bonds is 87. The van der Waals surface area contributed by atoms with Crippen LogP contribution in [0.15, 0.2) is 0 Å². The van der Waals surface area contributed by atoms with Crippen molar-refractivity contribution in [1.82, 2.24) is 0 Å². The Hall–Kier alpha value is -1.94. The summed E-state index contributed by atoms with van der Waals surface area (Å²) >= 11 is 0. The zero-order valence-electron chi connectivity index (χ0n) is 70.5. The summed E-state index contributed by atoms with van der Waals surface area (Å²) in [5, 5.41) is 10.7. The SMILES string of the molecule is CCCCCCCCCCCCCCCCCCCCCCCC(=O)OC[C@H](COP(=O)(O)OC[C@@H](O)COP(=O)(O)OC[C@@H](COC(=O)CCCCCCCCCCCCCC)OC(=O)CCCCCCCCCCCCC(C)C)OC(=O)CCCCCCCCCCCCCCCCCCCCC(C)C. The van der Waals surface area contributed by atoms with Crippen molar-refractivity contribution in [2.45, 2.75) is 490 Å². The van der Waals surface area contributed by atoms with Gasteiger partial charge in [0.2, 0.25) is 0 Å². The van der Waals surface area contributed by atoms with Gasteiger partial charge < -0.3 is 33.8 Å². The van der Waals surface area contributed by atoms with Crippen LogP contribution in [-0.2, 0) is 65.4 Å². The van der Waals surface area contributed by atoms with E-state index in [4.69, 9.17) is 37.0 Å². The van der Waals surface area contributed by atoms with Gasteiger partial charge in [0.05, 0.1) is 26.4 Å². The molecule has 107 heavy (non-hydrogen) atoms. The molecule has 0 aliphatic carbocycles. The van der Waals surface area contributed by atoms with Gasteiger partial charge in [-0.3, -0.25) is 37.3 Å². The second-order valence-corrected chi connectivity index (χ2v) is 35.5. The van der Waals surface area contributed by atoms with E-state index in [1.807, 2.05) is 0 Å². The molecule has 0 aromatic rings. The lowest BCUT2D eigenvalue weighted by Gasteiger charge is -2.21. The quantitative estimate of drug-likeness (QED) is 0.0222. The normalized spacial score (nSPS) is 13.8. The Bertz CT molecular complexity index is 2050. The molecule has 0 aliphatic heterocycles. The van der Waals surface area contributed by atoms with Crippen molar-refractivity contribution in [3.63, 3.8) is 0 Å². The lowest BCUT2D eigenvalue weighted by molar-refractivity contribution is -0.161. The van der Waals surface area contributed by atoms with E-state index in [1.54, 1.807) is 0 Å². The maximum atomic E-state index is 13.2. The fourth-order valence-corrected chi connectivity index (χ4v) is 15.4. The average molecular weight is 1560 g/mol. The Labute approximate surface area is 658 Å². The van der Waals surface area contributed by atoms with Gasteiger partial charge in [0.1, 0.15) is 19.3 Å². The number of hydrogen-bond acceptors (Lipinski definition) is 15. The van der Waals surface area contributed by atoms with Crippen LogP contribution in [0.25, 0.3) is 0 Å².